The number of carbonyl (C=O) groups excluding carboxylic acids is 2. The Balaban J connectivity index is 1.89. The monoisotopic (exact) mass is 462 g/mol. The van der Waals surface area contributed by atoms with Crippen molar-refractivity contribution >= 4 is 39.3 Å². The van der Waals surface area contributed by atoms with Crippen molar-refractivity contribution in [3.8, 4) is 0 Å². The molecule has 30 heavy (non-hydrogen) atoms. The van der Waals surface area contributed by atoms with E-state index in [9.17, 15) is 35.6 Å². The molecule has 0 aliphatic carbocycles. The Morgan fingerprint density at radius 1 is 1.17 bits per heavy atom. The quantitative estimate of drug-likeness (QED) is 0.704. The second-order valence-electron chi connectivity index (χ2n) is 6.36. The van der Waals surface area contributed by atoms with Crippen LogP contribution in [0.5, 0.6) is 0 Å². The first-order chi connectivity index (χ1) is 13.9. The highest BCUT2D eigenvalue weighted by Crippen LogP contribution is 2.42. The smallest absolute Gasteiger partial charge is 0.295 e. The third-order valence-corrected chi connectivity index (χ3v) is 6.55. The molecule has 12 heteroatoms. The largest absolute Gasteiger partial charge is 0.516 e. The fourth-order valence-corrected chi connectivity index (χ4v) is 4.51. The Bertz CT molecular complexity index is 1100. The van der Waals surface area contributed by atoms with E-state index in [-0.39, 0.29) is 17.2 Å². The number of sulfonamides is 1. The highest BCUT2D eigenvalue weighted by atomic mass is 32.2. The van der Waals surface area contributed by atoms with Crippen LogP contribution >= 0.6 is 11.8 Å². The van der Waals surface area contributed by atoms with Crippen LogP contribution in [0.2, 0.25) is 0 Å². The van der Waals surface area contributed by atoms with Crippen LogP contribution in [-0.2, 0) is 14.8 Å². The molecule has 6 nitrogen and oxygen atoms in total. The average Bonchev–Trinajstić information content (AvgIpc) is 3.02. The number of benzene rings is 2. The summed E-state index contributed by atoms with van der Waals surface area (Å²) in [6.45, 7) is 1.53. The predicted octanol–water partition coefficient (Wildman–Crippen LogP) is 3.49. The summed E-state index contributed by atoms with van der Waals surface area (Å²) in [5.41, 5.74) is -4.50. The fourth-order valence-electron chi connectivity index (χ4n) is 2.86. The number of thioether (sulfide) groups is 1. The third-order valence-electron chi connectivity index (χ3n) is 4.27. The van der Waals surface area contributed by atoms with Gasteiger partial charge in [-0.15, -0.1) is 11.8 Å². The van der Waals surface area contributed by atoms with Crippen molar-refractivity contribution in [2.75, 3.05) is 10.7 Å². The highest BCUT2D eigenvalue weighted by molar-refractivity contribution is 8.00. The van der Waals surface area contributed by atoms with E-state index >= 15 is 0 Å². The van der Waals surface area contributed by atoms with Gasteiger partial charge in [-0.25, -0.2) is 9.11 Å². The van der Waals surface area contributed by atoms with Crippen LogP contribution in [0.1, 0.15) is 26.9 Å². The number of aryl methyl sites for hydroxylation is 1. The van der Waals surface area contributed by atoms with E-state index in [0.29, 0.717) is 16.8 Å². The first-order valence-electron chi connectivity index (χ1n) is 8.34. The van der Waals surface area contributed by atoms with E-state index in [0.717, 1.165) is 10.8 Å². The standard InChI is InChI=1S/C18H14F4N2O4S2/c1-10-8-12(16(26)23-30(27,28)18(20,21)22)4-7-14(10)24-15(25)9-29-17(24)11-2-5-13(19)6-3-11/h2-8,17H,9H2,1H3,(H,23,26). The second kappa shape index (κ2) is 7.91. The summed E-state index contributed by atoms with van der Waals surface area (Å²) >= 11 is 1.31. The van der Waals surface area contributed by atoms with E-state index in [4.69, 9.17) is 0 Å². The lowest BCUT2D eigenvalue weighted by Crippen LogP contribution is -2.40. The summed E-state index contributed by atoms with van der Waals surface area (Å²) in [7, 11) is -5.84. The summed E-state index contributed by atoms with van der Waals surface area (Å²) in [5, 5.41) is -0.456. The summed E-state index contributed by atoms with van der Waals surface area (Å²) < 4.78 is 73.8. The van der Waals surface area contributed by atoms with Crippen molar-refractivity contribution in [1.82, 2.24) is 4.72 Å². The van der Waals surface area contributed by atoms with Gasteiger partial charge in [0.15, 0.2) is 0 Å². The van der Waals surface area contributed by atoms with E-state index in [1.807, 2.05) is 0 Å². The molecule has 1 N–H and O–H groups in total. The van der Waals surface area contributed by atoms with Crippen molar-refractivity contribution in [2.24, 2.45) is 0 Å². The van der Waals surface area contributed by atoms with Gasteiger partial charge in [0, 0.05) is 11.3 Å². The Morgan fingerprint density at radius 2 is 1.80 bits per heavy atom. The van der Waals surface area contributed by atoms with Gasteiger partial charge in [-0.05, 0) is 48.4 Å². The molecule has 1 aliphatic rings. The summed E-state index contributed by atoms with van der Waals surface area (Å²) in [5.74, 6) is -1.96. The van der Waals surface area contributed by atoms with Gasteiger partial charge in [0.25, 0.3) is 5.91 Å². The molecule has 160 valence electrons. The van der Waals surface area contributed by atoms with Crippen LogP contribution in [0.3, 0.4) is 0 Å². The number of nitrogens with zero attached hydrogens (tertiary/aromatic N) is 1. The minimum atomic E-state index is -5.84. The number of anilines is 1. The molecule has 1 unspecified atom stereocenters. The lowest BCUT2D eigenvalue weighted by Gasteiger charge is -2.26. The van der Waals surface area contributed by atoms with Crippen LogP contribution in [0.15, 0.2) is 42.5 Å². The van der Waals surface area contributed by atoms with Gasteiger partial charge < -0.3 is 0 Å². The van der Waals surface area contributed by atoms with Crippen LogP contribution in [-0.4, -0.2) is 31.5 Å². The molecule has 1 aliphatic heterocycles. The van der Waals surface area contributed by atoms with E-state index in [1.165, 1.54) is 60.0 Å². The first kappa shape index (κ1) is 22.1. The number of hydrogen-bond donors (Lipinski definition) is 1. The minimum Gasteiger partial charge on any atom is -0.295 e. The third kappa shape index (κ3) is 4.29. The SMILES string of the molecule is Cc1cc(C(=O)NS(=O)(=O)C(F)(F)F)ccc1N1C(=O)CSC1c1ccc(F)cc1. The lowest BCUT2D eigenvalue weighted by atomic mass is 10.1. The Kier molecular flexibility index (Phi) is 5.83. The number of halogens is 4. The normalized spacial score (nSPS) is 17.3. The Hall–Kier alpha value is -2.60. The van der Waals surface area contributed by atoms with E-state index in [1.54, 1.807) is 0 Å². The summed E-state index contributed by atoms with van der Waals surface area (Å²) in [6, 6.07) is 9.27. The topological polar surface area (TPSA) is 83.6 Å². The predicted molar refractivity (Wildman–Crippen MR) is 103 cm³/mol. The number of amides is 2. The summed E-state index contributed by atoms with van der Waals surface area (Å²) in [6.07, 6.45) is 0. The maximum Gasteiger partial charge on any atom is 0.516 e. The van der Waals surface area contributed by atoms with Crippen LogP contribution < -0.4 is 9.62 Å². The van der Waals surface area contributed by atoms with Gasteiger partial charge in [-0.2, -0.15) is 21.6 Å². The average molecular weight is 462 g/mol. The molecule has 2 amide bonds. The molecular formula is C18H14F4N2O4S2. The van der Waals surface area contributed by atoms with Gasteiger partial charge in [-0.3, -0.25) is 14.5 Å². The molecule has 1 fully saturated rings. The van der Waals surface area contributed by atoms with Gasteiger partial charge >= 0.3 is 15.5 Å². The van der Waals surface area contributed by atoms with Crippen molar-refractivity contribution in [2.45, 2.75) is 17.8 Å². The zero-order valence-corrected chi connectivity index (χ0v) is 16.9. The van der Waals surface area contributed by atoms with Gasteiger partial charge in [0.2, 0.25) is 5.91 Å². The van der Waals surface area contributed by atoms with Crippen LogP contribution in [0.4, 0.5) is 23.2 Å². The summed E-state index contributed by atoms with van der Waals surface area (Å²) in [4.78, 5) is 25.9. The molecule has 0 radical (unpaired) electrons. The second-order valence-corrected chi connectivity index (χ2v) is 9.10. The van der Waals surface area contributed by atoms with Gasteiger partial charge in [0.05, 0.1) is 5.75 Å². The molecule has 0 saturated carbocycles. The number of hydrogen-bond acceptors (Lipinski definition) is 5. The molecule has 0 spiro atoms. The Morgan fingerprint density at radius 3 is 2.37 bits per heavy atom. The van der Waals surface area contributed by atoms with E-state index in [2.05, 4.69) is 0 Å². The van der Waals surface area contributed by atoms with Crippen LogP contribution in [0.25, 0.3) is 0 Å². The maximum absolute atomic E-state index is 13.2. The molecule has 0 bridgehead atoms. The fraction of sp³-hybridized carbons (Fsp3) is 0.222. The van der Waals surface area contributed by atoms with Gasteiger partial charge in [0.1, 0.15) is 11.2 Å². The first-order valence-corrected chi connectivity index (χ1v) is 10.9. The van der Waals surface area contributed by atoms with Crippen molar-refractivity contribution in [3.05, 3.63) is 65.0 Å². The maximum atomic E-state index is 13.2. The molecular weight excluding hydrogens is 448 g/mol. The van der Waals surface area contributed by atoms with Crippen molar-refractivity contribution in [1.29, 1.82) is 0 Å². The molecule has 3 rings (SSSR count). The van der Waals surface area contributed by atoms with Crippen molar-refractivity contribution < 1.29 is 35.6 Å². The molecule has 1 heterocycles. The molecule has 1 atom stereocenters. The Labute approximate surface area is 173 Å². The van der Waals surface area contributed by atoms with Crippen LogP contribution in [0, 0.1) is 12.7 Å². The molecule has 2 aromatic carbocycles. The number of rotatable bonds is 4. The zero-order valence-electron chi connectivity index (χ0n) is 15.2. The number of nitrogens with one attached hydrogen (secondary N) is 1. The minimum absolute atomic E-state index is 0.160. The van der Waals surface area contributed by atoms with Crippen molar-refractivity contribution in [3.63, 3.8) is 0 Å². The number of carbonyl (C=O) groups is 2. The number of alkyl halides is 3. The highest BCUT2D eigenvalue weighted by Gasteiger charge is 2.47. The lowest BCUT2D eigenvalue weighted by molar-refractivity contribution is -0.115. The molecule has 0 aromatic heterocycles. The zero-order chi connectivity index (χ0) is 22.3. The molecule has 2 aromatic rings. The van der Waals surface area contributed by atoms with E-state index < -0.39 is 32.6 Å². The van der Waals surface area contributed by atoms with Gasteiger partial charge in [-0.1, -0.05) is 12.1 Å². The molecule has 1 saturated heterocycles.